The third-order valence-corrected chi connectivity index (χ3v) is 4.52. The van der Waals surface area contributed by atoms with Gasteiger partial charge < -0.3 is 15.5 Å². The second-order valence-corrected chi connectivity index (χ2v) is 8.18. The van der Waals surface area contributed by atoms with Crippen molar-refractivity contribution in [1.29, 1.82) is 0 Å². The van der Waals surface area contributed by atoms with Crippen molar-refractivity contribution in [2.75, 3.05) is 20.6 Å². The van der Waals surface area contributed by atoms with Gasteiger partial charge in [0.15, 0.2) is 0 Å². The van der Waals surface area contributed by atoms with E-state index in [4.69, 9.17) is 0 Å². The fraction of sp³-hybridized carbons (Fsp3) is 0.348. The Balaban J connectivity index is 1.81. The van der Waals surface area contributed by atoms with Crippen molar-refractivity contribution in [3.8, 4) is 0 Å². The van der Waals surface area contributed by atoms with Gasteiger partial charge in [-0.05, 0) is 40.8 Å². The molecule has 0 aromatic heterocycles. The van der Waals surface area contributed by atoms with Crippen LogP contribution in [0.2, 0.25) is 0 Å². The number of nitrogens with one attached hydrogen (secondary N) is 2. The van der Waals surface area contributed by atoms with E-state index >= 15 is 0 Å². The van der Waals surface area contributed by atoms with E-state index in [0.717, 1.165) is 11.1 Å². The van der Waals surface area contributed by atoms with E-state index < -0.39 is 0 Å². The molecule has 0 fully saturated rings. The Kier molecular flexibility index (Phi) is 7.15. The first kappa shape index (κ1) is 22.1. The van der Waals surface area contributed by atoms with E-state index in [1.165, 1.54) is 4.90 Å². The maximum atomic E-state index is 12.2. The molecule has 0 heterocycles. The van der Waals surface area contributed by atoms with Crippen LogP contribution in [0.3, 0.4) is 0 Å². The van der Waals surface area contributed by atoms with Gasteiger partial charge in [-0.3, -0.25) is 14.4 Å². The van der Waals surface area contributed by atoms with E-state index in [0.29, 0.717) is 17.7 Å². The zero-order valence-corrected chi connectivity index (χ0v) is 17.7. The molecule has 2 N–H and O–H groups in total. The molecule has 0 saturated heterocycles. The molecule has 3 amide bonds. The predicted octanol–water partition coefficient (Wildman–Crippen LogP) is 2.73. The Morgan fingerprint density at radius 3 is 1.90 bits per heavy atom. The van der Waals surface area contributed by atoms with E-state index in [9.17, 15) is 14.4 Å². The van der Waals surface area contributed by atoms with Gasteiger partial charge in [0.05, 0.1) is 6.54 Å². The fourth-order valence-electron chi connectivity index (χ4n) is 2.67. The number of rotatable bonds is 6. The van der Waals surface area contributed by atoms with Crippen molar-refractivity contribution < 1.29 is 14.4 Å². The first-order chi connectivity index (χ1) is 13.6. The van der Waals surface area contributed by atoms with Gasteiger partial charge in [0, 0.05) is 31.8 Å². The topological polar surface area (TPSA) is 78.5 Å². The van der Waals surface area contributed by atoms with Gasteiger partial charge >= 0.3 is 0 Å². The van der Waals surface area contributed by atoms with Crippen LogP contribution >= 0.6 is 0 Å². The predicted molar refractivity (Wildman–Crippen MR) is 114 cm³/mol. The molecule has 0 unspecified atom stereocenters. The van der Waals surface area contributed by atoms with Crippen molar-refractivity contribution in [3.63, 3.8) is 0 Å². The highest BCUT2D eigenvalue weighted by atomic mass is 16.2. The van der Waals surface area contributed by atoms with Crippen LogP contribution in [-0.4, -0.2) is 43.3 Å². The number of hydrogen-bond acceptors (Lipinski definition) is 3. The average Bonchev–Trinajstić information content (AvgIpc) is 2.69. The van der Waals surface area contributed by atoms with Crippen molar-refractivity contribution in [1.82, 2.24) is 15.5 Å². The summed E-state index contributed by atoms with van der Waals surface area (Å²) in [6, 6.07) is 14.5. The van der Waals surface area contributed by atoms with Crippen LogP contribution in [-0.2, 0) is 16.8 Å². The van der Waals surface area contributed by atoms with Gasteiger partial charge in [0.25, 0.3) is 11.8 Å². The van der Waals surface area contributed by atoms with Crippen LogP contribution in [0, 0.1) is 0 Å². The van der Waals surface area contributed by atoms with Gasteiger partial charge in [0.2, 0.25) is 5.91 Å². The fourth-order valence-corrected chi connectivity index (χ4v) is 2.67. The summed E-state index contributed by atoms with van der Waals surface area (Å²) < 4.78 is 0. The highest BCUT2D eigenvalue weighted by Gasteiger charge is 2.14. The molecule has 0 atom stereocenters. The Hall–Kier alpha value is -3.15. The monoisotopic (exact) mass is 395 g/mol. The molecule has 154 valence electrons. The molecule has 0 bridgehead atoms. The van der Waals surface area contributed by atoms with Gasteiger partial charge in [-0.15, -0.1) is 0 Å². The van der Waals surface area contributed by atoms with Crippen molar-refractivity contribution >= 4 is 17.7 Å². The van der Waals surface area contributed by atoms with Crippen LogP contribution in [0.25, 0.3) is 0 Å². The maximum absolute atomic E-state index is 12.2. The molecule has 2 aromatic carbocycles. The minimum absolute atomic E-state index is 0.0207. The number of hydrogen-bond donors (Lipinski definition) is 2. The molecule has 6 nitrogen and oxygen atoms in total. The van der Waals surface area contributed by atoms with E-state index in [2.05, 4.69) is 31.4 Å². The molecule has 6 heteroatoms. The van der Waals surface area contributed by atoms with Crippen LogP contribution < -0.4 is 10.6 Å². The van der Waals surface area contributed by atoms with E-state index in [1.807, 2.05) is 12.1 Å². The molecule has 0 saturated carbocycles. The van der Waals surface area contributed by atoms with Gasteiger partial charge in [-0.1, -0.05) is 45.0 Å². The third-order valence-electron chi connectivity index (χ3n) is 4.52. The molecule has 29 heavy (non-hydrogen) atoms. The average molecular weight is 396 g/mol. The van der Waals surface area contributed by atoms with Crippen molar-refractivity contribution in [2.45, 2.75) is 32.7 Å². The molecule has 0 aliphatic heterocycles. The van der Waals surface area contributed by atoms with Crippen molar-refractivity contribution in [3.05, 3.63) is 70.8 Å². The Morgan fingerprint density at radius 1 is 0.828 bits per heavy atom. The Labute approximate surface area is 172 Å². The summed E-state index contributed by atoms with van der Waals surface area (Å²) in [7, 11) is 3.40. The summed E-state index contributed by atoms with van der Waals surface area (Å²) >= 11 is 0. The van der Waals surface area contributed by atoms with E-state index in [1.54, 1.807) is 50.5 Å². The van der Waals surface area contributed by atoms with Crippen LogP contribution in [0.5, 0.6) is 0 Å². The quantitative estimate of drug-likeness (QED) is 0.789. The molecular weight excluding hydrogens is 366 g/mol. The molecular formula is C23H29N3O3. The van der Waals surface area contributed by atoms with Gasteiger partial charge in [0.1, 0.15) is 0 Å². The van der Waals surface area contributed by atoms with Crippen LogP contribution in [0.1, 0.15) is 52.6 Å². The lowest BCUT2D eigenvalue weighted by Crippen LogP contribution is -2.36. The minimum atomic E-state index is -0.285. The molecule has 0 aliphatic rings. The summed E-state index contributed by atoms with van der Waals surface area (Å²) in [4.78, 5) is 37.6. The van der Waals surface area contributed by atoms with Crippen LogP contribution in [0.4, 0.5) is 0 Å². The van der Waals surface area contributed by atoms with E-state index in [-0.39, 0.29) is 29.7 Å². The Bertz CT molecular complexity index is 864. The summed E-state index contributed by atoms with van der Waals surface area (Å²) in [5.41, 5.74) is 3.15. The highest BCUT2D eigenvalue weighted by Crippen LogP contribution is 2.22. The summed E-state index contributed by atoms with van der Waals surface area (Å²) in [6.07, 6.45) is 0. The molecule has 0 aliphatic carbocycles. The standard InChI is InChI=1S/C23H29N3O3/c1-23(2,3)19-12-10-17(11-13-19)21(28)25-15-20(27)24-14-16-6-8-18(9-7-16)22(29)26(4)5/h6-13H,14-15H2,1-5H3,(H,24,27)(H,25,28). The minimum Gasteiger partial charge on any atom is -0.350 e. The third kappa shape index (κ3) is 6.45. The number of carbonyl (C=O) groups excluding carboxylic acids is 3. The second-order valence-electron chi connectivity index (χ2n) is 8.18. The number of nitrogens with zero attached hydrogens (tertiary/aromatic N) is 1. The van der Waals surface area contributed by atoms with Crippen LogP contribution in [0.15, 0.2) is 48.5 Å². The molecule has 0 radical (unpaired) electrons. The first-order valence-electron chi connectivity index (χ1n) is 9.54. The lowest BCUT2D eigenvalue weighted by Gasteiger charge is -2.19. The zero-order valence-electron chi connectivity index (χ0n) is 17.7. The largest absolute Gasteiger partial charge is 0.350 e. The molecule has 2 aromatic rings. The number of benzene rings is 2. The normalized spacial score (nSPS) is 10.9. The smallest absolute Gasteiger partial charge is 0.253 e. The van der Waals surface area contributed by atoms with Crippen molar-refractivity contribution in [2.24, 2.45) is 0 Å². The summed E-state index contributed by atoms with van der Waals surface area (Å²) in [5, 5.41) is 5.39. The summed E-state index contributed by atoms with van der Waals surface area (Å²) in [5.74, 6) is -0.635. The molecule has 2 rings (SSSR count). The maximum Gasteiger partial charge on any atom is 0.253 e. The lowest BCUT2D eigenvalue weighted by atomic mass is 9.87. The SMILES string of the molecule is CN(C)C(=O)c1ccc(CNC(=O)CNC(=O)c2ccc(C(C)(C)C)cc2)cc1. The lowest BCUT2D eigenvalue weighted by molar-refractivity contribution is -0.120. The van der Waals surface area contributed by atoms with Gasteiger partial charge in [-0.2, -0.15) is 0 Å². The zero-order chi connectivity index (χ0) is 21.6. The van der Waals surface area contributed by atoms with Gasteiger partial charge in [-0.25, -0.2) is 0 Å². The first-order valence-corrected chi connectivity index (χ1v) is 9.54. The number of carbonyl (C=O) groups is 3. The molecule has 0 spiro atoms. The second kappa shape index (κ2) is 9.37. The summed E-state index contributed by atoms with van der Waals surface area (Å²) in [6.45, 7) is 6.56. The highest BCUT2D eigenvalue weighted by molar-refractivity contribution is 5.96. The Morgan fingerprint density at radius 2 is 1.38 bits per heavy atom. The number of amides is 3.